The molecule has 0 saturated heterocycles. The first-order chi connectivity index (χ1) is 6.94. The van der Waals surface area contributed by atoms with Gasteiger partial charge in [-0.2, -0.15) is 0 Å². The van der Waals surface area contributed by atoms with Crippen LogP contribution in [0, 0.1) is 11.3 Å². The zero-order chi connectivity index (χ0) is 11.1. The van der Waals surface area contributed by atoms with E-state index in [0.717, 1.165) is 38.0 Å². The predicted molar refractivity (Wildman–Crippen MR) is 60.4 cm³/mol. The second kappa shape index (κ2) is 3.51. The Kier molecular flexibility index (Phi) is 2.58. The van der Waals surface area contributed by atoms with Gasteiger partial charge in [-0.3, -0.25) is 0 Å². The standard InChI is InChI=1S/C13H22O2/c1-10-8-12(2,3)9-13(10,14)11-6-4-5-7-15-11/h6,10,14H,4-5,7-9H2,1-3H3. The largest absolute Gasteiger partial charge is 0.495 e. The van der Waals surface area contributed by atoms with Crippen molar-refractivity contribution in [3.63, 3.8) is 0 Å². The molecule has 15 heavy (non-hydrogen) atoms. The second-order valence-electron chi connectivity index (χ2n) is 5.93. The highest BCUT2D eigenvalue weighted by Gasteiger charge is 2.50. The van der Waals surface area contributed by atoms with E-state index in [2.05, 4.69) is 26.8 Å². The van der Waals surface area contributed by atoms with Crippen LogP contribution >= 0.6 is 0 Å². The minimum absolute atomic E-state index is 0.232. The van der Waals surface area contributed by atoms with Gasteiger partial charge in [-0.05, 0) is 43.1 Å². The van der Waals surface area contributed by atoms with Gasteiger partial charge in [0.25, 0.3) is 0 Å². The van der Waals surface area contributed by atoms with Crippen LogP contribution in [0.25, 0.3) is 0 Å². The molecule has 0 amide bonds. The summed E-state index contributed by atoms with van der Waals surface area (Å²) in [7, 11) is 0. The molecular weight excluding hydrogens is 188 g/mol. The highest BCUT2D eigenvalue weighted by molar-refractivity contribution is 5.18. The Morgan fingerprint density at radius 2 is 2.20 bits per heavy atom. The number of rotatable bonds is 1. The molecule has 2 rings (SSSR count). The van der Waals surface area contributed by atoms with Crippen LogP contribution in [0.3, 0.4) is 0 Å². The lowest BCUT2D eigenvalue weighted by molar-refractivity contribution is -0.0226. The van der Waals surface area contributed by atoms with Crippen LogP contribution in [0.4, 0.5) is 0 Å². The van der Waals surface area contributed by atoms with Crippen molar-refractivity contribution in [3.8, 4) is 0 Å². The number of hydrogen-bond acceptors (Lipinski definition) is 2. The van der Waals surface area contributed by atoms with E-state index >= 15 is 0 Å². The van der Waals surface area contributed by atoms with E-state index in [-0.39, 0.29) is 5.41 Å². The molecule has 86 valence electrons. The van der Waals surface area contributed by atoms with Crippen molar-refractivity contribution < 1.29 is 9.84 Å². The van der Waals surface area contributed by atoms with Crippen LogP contribution in [-0.2, 0) is 4.74 Å². The molecule has 0 radical (unpaired) electrons. The van der Waals surface area contributed by atoms with Gasteiger partial charge in [-0.15, -0.1) is 0 Å². The van der Waals surface area contributed by atoms with Gasteiger partial charge in [0.2, 0.25) is 0 Å². The van der Waals surface area contributed by atoms with Crippen LogP contribution in [0.1, 0.15) is 46.5 Å². The Morgan fingerprint density at radius 3 is 2.67 bits per heavy atom. The highest BCUT2D eigenvalue weighted by Crippen LogP contribution is 2.51. The summed E-state index contributed by atoms with van der Waals surface area (Å²) in [5.74, 6) is 1.14. The van der Waals surface area contributed by atoms with Crippen molar-refractivity contribution in [1.29, 1.82) is 0 Å². The third kappa shape index (κ3) is 1.92. The molecule has 1 saturated carbocycles. The molecule has 2 heteroatoms. The molecular formula is C13H22O2. The van der Waals surface area contributed by atoms with E-state index in [1.807, 2.05) is 0 Å². The minimum Gasteiger partial charge on any atom is -0.495 e. The average molecular weight is 210 g/mol. The number of allylic oxidation sites excluding steroid dienone is 1. The Morgan fingerprint density at radius 1 is 1.47 bits per heavy atom. The van der Waals surface area contributed by atoms with E-state index in [1.165, 1.54) is 0 Å². The summed E-state index contributed by atoms with van der Waals surface area (Å²) in [5.41, 5.74) is -0.472. The number of aliphatic hydroxyl groups is 1. The second-order valence-corrected chi connectivity index (χ2v) is 5.93. The summed E-state index contributed by atoms with van der Waals surface area (Å²) in [6, 6.07) is 0. The summed E-state index contributed by atoms with van der Waals surface area (Å²) in [6.45, 7) is 7.35. The van der Waals surface area contributed by atoms with Crippen molar-refractivity contribution in [2.24, 2.45) is 11.3 Å². The average Bonchev–Trinajstić information content (AvgIpc) is 2.38. The van der Waals surface area contributed by atoms with E-state index in [9.17, 15) is 5.11 Å². The van der Waals surface area contributed by atoms with Crippen LogP contribution in [-0.4, -0.2) is 17.3 Å². The molecule has 2 atom stereocenters. The van der Waals surface area contributed by atoms with Crippen molar-refractivity contribution >= 4 is 0 Å². The topological polar surface area (TPSA) is 29.5 Å². The zero-order valence-corrected chi connectivity index (χ0v) is 10.0. The van der Waals surface area contributed by atoms with E-state index in [0.29, 0.717) is 5.92 Å². The Hall–Kier alpha value is -0.500. The van der Waals surface area contributed by atoms with Crippen LogP contribution < -0.4 is 0 Å². The molecule has 1 N–H and O–H groups in total. The summed E-state index contributed by atoms with van der Waals surface area (Å²) < 4.78 is 5.64. The van der Waals surface area contributed by atoms with Crippen molar-refractivity contribution in [2.75, 3.05) is 6.61 Å². The van der Waals surface area contributed by atoms with E-state index < -0.39 is 5.60 Å². The smallest absolute Gasteiger partial charge is 0.124 e. The van der Waals surface area contributed by atoms with E-state index in [1.54, 1.807) is 0 Å². The SMILES string of the molecule is CC1CC(C)(C)CC1(O)C1=CCCCO1. The summed E-state index contributed by atoms with van der Waals surface area (Å²) in [4.78, 5) is 0. The molecule has 1 fully saturated rings. The minimum atomic E-state index is -0.704. The van der Waals surface area contributed by atoms with Crippen molar-refractivity contribution in [1.82, 2.24) is 0 Å². The molecule has 0 aromatic carbocycles. The van der Waals surface area contributed by atoms with Gasteiger partial charge in [0.05, 0.1) is 6.61 Å². The first kappa shape index (κ1) is 11.0. The maximum absolute atomic E-state index is 10.7. The normalized spacial score (nSPS) is 39.7. The first-order valence-electron chi connectivity index (χ1n) is 6.00. The quantitative estimate of drug-likeness (QED) is 0.721. The maximum atomic E-state index is 10.7. The lowest BCUT2D eigenvalue weighted by atomic mass is 9.87. The molecule has 2 aliphatic rings. The van der Waals surface area contributed by atoms with Crippen molar-refractivity contribution in [2.45, 2.75) is 52.1 Å². The van der Waals surface area contributed by atoms with Crippen LogP contribution in [0.5, 0.6) is 0 Å². The number of hydrogen-bond donors (Lipinski definition) is 1. The number of ether oxygens (including phenoxy) is 1. The third-order valence-electron chi connectivity index (χ3n) is 3.78. The third-order valence-corrected chi connectivity index (χ3v) is 3.78. The van der Waals surface area contributed by atoms with Crippen LogP contribution in [0.2, 0.25) is 0 Å². The van der Waals surface area contributed by atoms with Gasteiger partial charge in [-0.25, -0.2) is 0 Å². The summed E-state index contributed by atoms with van der Waals surface area (Å²) in [5, 5.41) is 10.7. The monoisotopic (exact) mass is 210 g/mol. The molecule has 2 unspecified atom stereocenters. The van der Waals surface area contributed by atoms with Gasteiger partial charge < -0.3 is 9.84 Å². The van der Waals surface area contributed by atoms with Gasteiger partial charge in [0.15, 0.2) is 0 Å². The first-order valence-corrected chi connectivity index (χ1v) is 6.00. The molecule has 0 spiro atoms. The molecule has 2 nitrogen and oxygen atoms in total. The molecule has 1 heterocycles. The lowest BCUT2D eigenvalue weighted by Gasteiger charge is -2.32. The van der Waals surface area contributed by atoms with Gasteiger partial charge in [0.1, 0.15) is 11.4 Å². The summed E-state index contributed by atoms with van der Waals surface area (Å²) >= 11 is 0. The fraction of sp³-hybridized carbons (Fsp3) is 0.846. The van der Waals surface area contributed by atoms with E-state index in [4.69, 9.17) is 4.74 Å². The maximum Gasteiger partial charge on any atom is 0.124 e. The van der Waals surface area contributed by atoms with Gasteiger partial charge in [-0.1, -0.05) is 20.8 Å². The molecule has 0 aromatic rings. The zero-order valence-electron chi connectivity index (χ0n) is 10.0. The van der Waals surface area contributed by atoms with Gasteiger partial charge >= 0.3 is 0 Å². The lowest BCUT2D eigenvalue weighted by Crippen LogP contribution is -2.36. The molecule has 1 aliphatic carbocycles. The highest BCUT2D eigenvalue weighted by atomic mass is 16.5. The fourth-order valence-corrected chi connectivity index (χ4v) is 3.16. The summed E-state index contributed by atoms with van der Waals surface area (Å²) in [6.07, 6.45) is 6.11. The molecule has 1 aliphatic heterocycles. The van der Waals surface area contributed by atoms with Gasteiger partial charge in [0, 0.05) is 0 Å². The fourth-order valence-electron chi connectivity index (χ4n) is 3.16. The molecule has 0 aromatic heterocycles. The van der Waals surface area contributed by atoms with Crippen LogP contribution in [0.15, 0.2) is 11.8 Å². The Labute approximate surface area is 92.3 Å². The Balaban J connectivity index is 2.22. The Bertz CT molecular complexity index is 280. The predicted octanol–water partition coefficient (Wildman–Crippen LogP) is 2.87. The van der Waals surface area contributed by atoms with Crippen molar-refractivity contribution in [3.05, 3.63) is 11.8 Å². The molecule has 0 bridgehead atoms.